The molecule has 2 rings (SSSR count). The van der Waals surface area contributed by atoms with Gasteiger partial charge in [0.05, 0.1) is 0 Å². The fraction of sp³-hybridized carbons (Fsp3) is 0.688. The predicted molar refractivity (Wildman–Crippen MR) is 81.6 cm³/mol. The van der Waals surface area contributed by atoms with E-state index in [1.807, 2.05) is 13.2 Å². The molecule has 0 amide bonds. The molecule has 106 valence electrons. The van der Waals surface area contributed by atoms with Crippen molar-refractivity contribution in [2.45, 2.75) is 46.1 Å². The Hall–Kier alpha value is -1.09. The molecule has 1 aliphatic heterocycles. The maximum Gasteiger partial charge on any atom is 0.128 e. The van der Waals surface area contributed by atoms with Crippen molar-refractivity contribution < 1.29 is 0 Å². The van der Waals surface area contributed by atoms with Crippen molar-refractivity contribution in [3.63, 3.8) is 0 Å². The molecule has 0 bridgehead atoms. The molecule has 1 atom stereocenters. The minimum absolute atomic E-state index is 0.380. The Morgan fingerprint density at radius 3 is 2.84 bits per heavy atom. The van der Waals surface area contributed by atoms with Crippen molar-refractivity contribution in [2.75, 3.05) is 25.0 Å². The van der Waals surface area contributed by atoms with Crippen LogP contribution in [0.5, 0.6) is 0 Å². The second kappa shape index (κ2) is 5.91. The van der Waals surface area contributed by atoms with Gasteiger partial charge in [0.15, 0.2) is 0 Å². The lowest BCUT2D eigenvalue weighted by Gasteiger charge is -2.24. The molecule has 1 aromatic rings. The Labute approximate surface area is 117 Å². The molecule has 0 radical (unpaired) electrons. The monoisotopic (exact) mass is 261 g/mol. The molecule has 1 fully saturated rings. The molecular weight excluding hydrogens is 234 g/mol. The number of hydrogen-bond donors (Lipinski definition) is 1. The summed E-state index contributed by atoms with van der Waals surface area (Å²) in [6, 6.07) is 4.72. The first-order valence-electron chi connectivity index (χ1n) is 7.40. The van der Waals surface area contributed by atoms with Gasteiger partial charge in [-0.15, -0.1) is 0 Å². The lowest BCUT2D eigenvalue weighted by atomic mass is 9.85. The molecule has 0 saturated carbocycles. The number of nitrogens with zero attached hydrogens (tertiary/aromatic N) is 2. The average molecular weight is 261 g/mol. The van der Waals surface area contributed by atoms with Crippen LogP contribution in [0, 0.1) is 5.41 Å². The zero-order valence-electron chi connectivity index (χ0n) is 12.7. The minimum atomic E-state index is 0.380. The average Bonchev–Trinajstić information content (AvgIpc) is 2.59. The third kappa shape index (κ3) is 3.69. The van der Waals surface area contributed by atoms with Gasteiger partial charge in [0.2, 0.25) is 0 Å². The van der Waals surface area contributed by atoms with Gasteiger partial charge in [-0.25, -0.2) is 4.98 Å². The molecule has 0 aliphatic carbocycles. The van der Waals surface area contributed by atoms with Crippen LogP contribution in [0.25, 0.3) is 0 Å². The van der Waals surface area contributed by atoms with Crippen molar-refractivity contribution >= 4 is 5.82 Å². The van der Waals surface area contributed by atoms with Crippen LogP contribution in [0.2, 0.25) is 0 Å². The third-order valence-electron chi connectivity index (χ3n) is 4.37. The van der Waals surface area contributed by atoms with Gasteiger partial charge in [0.1, 0.15) is 5.82 Å². The fourth-order valence-corrected chi connectivity index (χ4v) is 2.70. The maximum atomic E-state index is 4.57. The van der Waals surface area contributed by atoms with Gasteiger partial charge in [0.25, 0.3) is 0 Å². The highest BCUT2D eigenvalue weighted by atomic mass is 15.2. The van der Waals surface area contributed by atoms with E-state index in [1.54, 1.807) is 0 Å². The number of rotatable bonds is 3. The van der Waals surface area contributed by atoms with Crippen LogP contribution in [-0.2, 0) is 0 Å². The number of pyridine rings is 1. The van der Waals surface area contributed by atoms with E-state index < -0.39 is 0 Å². The van der Waals surface area contributed by atoms with Gasteiger partial charge in [-0.1, -0.05) is 13.8 Å². The summed E-state index contributed by atoms with van der Waals surface area (Å²) in [6.45, 7) is 9.20. The molecule has 0 spiro atoms. The van der Waals surface area contributed by atoms with Crippen LogP contribution in [-0.4, -0.2) is 25.1 Å². The highest BCUT2D eigenvalue weighted by Crippen LogP contribution is 2.31. The van der Waals surface area contributed by atoms with Gasteiger partial charge >= 0.3 is 0 Å². The number of anilines is 1. The highest BCUT2D eigenvalue weighted by Gasteiger charge is 2.23. The fourth-order valence-electron chi connectivity index (χ4n) is 2.70. The molecule has 1 saturated heterocycles. The highest BCUT2D eigenvalue weighted by molar-refractivity contribution is 5.42. The maximum absolute atomic E-state index is 4.57. The van der Waals surface area contributed by atoms with E-state index in [1.165, 1.54) is 24.8 Å². The Kier molecular flexibility index (Phi) is 4.46. The van der Waals surface area contributed by atoms with E-state index in [9.17, 15) is 0 Å². The van der Waals surface area contributed by atoms with Crippen LogP contribution < -0.4 is 10.2 Å². The topological polar surface area (TPSA) is 28.2 Å². The van der Waals surface area contributed by atoms with Crippen molar-refractivity contribution in [1.29, 1.82) is 0 Å². The zero-order chi connectivity index (χ0) is 13.9. The third-order valence-corrected chi connectivity index (χ3v) is 4.37. The van der Waals surface area contributed by atoms with Gasteiger partial charge < -0.3 is 10.2 Å². The first-order chi connectivity index (χ1) is 9.02. The molecule has 1 aliphatic rings. The Morgan fingerprint density at radius 1 is 1.32 bits per heavy atom. The molecule has 1 unspecified atom stereocenters. The zero-order valence-corrected chi connectivity index (χ0v) is 12.7. The molecule has 3 heteroatoms. The molecule has 0 aromatic carbocycles. The molecule has 1 aromatic heterocycles. The second-order valence-electron chi connectivity index (χ2n) is 6.46. The van der Waals surface area contributed by atoms with E-state index in [0.717, 1.165) is 18.9 Å². The number of aromatic nitrogens is 1. The lowest BCUT2D eigenvalue weighted by Crippen LogP contribution is -2.26. The van der Waals surface area contributed by atoms with E-state index >= 15 is 0 Å². The number of nitrogens with one attached hydrogen (secondary N) is 1. The first-order valence-corrected chi connectivity index (χ1v) is 7.40. The predicted octanol–water partition coefficient (Wildman–Crippen LogP) is 3.38. The smallest absolute Gasteiger partial charge is 0.128 e. The van der Waals surface area contributed by atoms with E-state index in [2.05, 4.69) is 48.1 Å². The van der Waals surface area contributed by atoms with Crippen molar-refractivity contribution in [3.05, 3.63) is 23.9 Å². The van der Waals surface area contributed by atoms with E-state index in [-0.39, 0.29) is 0 Å². The summed E-state index contributed by atoms with van der Waals surface area (Å²) in [7, 11) is 2.00. The van der Waals surface area contributed by atoms with Crippen molar-refractivity contribution in [3.8, 4) is 0 Å². The van der Waals surface area contributed by atoms with E-state index in [4.69, 9.17) is 0 Å². The molecule has 1 N–H and O–H groups in total. The largest absolute Gasteiger partial charge is 0.357 e. The van der Waals surface area contributed by atoms with Crippen LogP contribution >= 0.6 is 0 Å². The Morgan fingerprint density at radius 2 is 2.11 bits per heavy atom. The standard InChI is InChI=1S/C16H27N3/c1-13(17-4)14-6-9-18-15(12-14)19-10-5-7-16(2,3)8-11-19/h6,9,12-13,17H,5,7-8,10-11H2,1-4H3. The summed E-state index contributed by atoms with van der Waals surface area (Å²) in [4.78, 5) is 7.01. The summed E-state index contributed by atoms with van der Waals surface area (Å²) in [6.07, 6.45) is 5.77. The SMILES string of the molecule is CNC(C)c1ccnc(N2CCCC(C)(C)CC2)c1. The van der Waals surface area contributed by atoms with Crippen LogP contribution in [0.3, 0.4) is 0 Å². The second-order valence-corrected chi connectivity index (χ2v) is 6.46. The van der Waals surface area contributed by atoms with E-state index in [0.29, 0.717) is 11.5 Å². The van der Waals surface area contributed by atoms with Crippen LogP contribution in [0.4, 0.5) is 5.82 Å². The Balaban J connectivity index is 2.13. The number of hydrogen-bond acceptors (Lipinski definition) is 3. The lowest BCUT2D eigenvalue weighted by molar-refractivity contribution is 0.325. The molecular formula is C16H27N3. The van der Waals surface area contributed by atoms with Crippen LogP contribution in [0.15, 0.2) is 18.3 Å². The quantitative estimate of drug-likeness (QED) is 0.904. The normalized spacial score (nSPS) is 20.9. The molecule has 2 heterocycles. The van der Waals surface area contributed by atoms with Crippen molar-refractivity contribution in [2.24, 2.45) is 5.41 Å². The summed E-state index contributed by atoms with van der Waals surface area (Å²) in [5.41, 5.74) is 1.79. The summed E-state index contributed by atoms with van der Waals surface area (Å²) < 4.78 is 0. The van der Waals surface area contributed by atoms with Gasteiger partial charge in [0, 0.05) is 25.3 Å². The summed E-state index contributed by atoms with van der Waals surface area (Å²) in [5, 5.41) is 3.29. The molecule has 19 heavy (non-hydrogen) atoms. The van der Waals surface area contributed by atoms with Gasteiger partial charge in [-0.2, -0.15) is 0 Å². The van der Waals surface area contributed by atoms with Gasteiger partial charge in [-0.3, -0.25) is 0 Å². The van der Waals surface area contributed by atoms with Crippen molar-refractivity contribution in [1.82, 2.24) is 10.3 Å². The summed E-state index contributed by atoms with van der Waals surface area (Å²) in [5.74, 6) is 1.14. The Bertz CT molecular complexity index is 414. The summed E-state index contributed by atoms with van der Waals surface area (Å²) >= 11 is 0. The first kappa shape index (κ1) is 14.3. The molecule has 3 nitrogen and oxygen atoms in total. The van der Waals surface area contributed by atoms with Crippen LogP contribution in [0.1, 0.15) is 51.6 Å². The minimum Gasteiger partial charge on any atom is -0.357 e. The van der Waals surface area contributed by atoms with Gasteiger partial charge in [-0.05, 0) is 56.3 Å².